The molecule has 6 heteroatoms. The fourth-order valence-corrected chi connectivity index (χ4v) is 0.617. The highest BCUT2D eigenvalue weighted by Crippen LogP contribution is 1.88. The molecule has 0 aromatic rings. The number of carbonyl (C=O) groups is 3. The summed E-state index contributed by atoms with van der Waals surface area (Å²) < 4.78 is 0. The van der Waals surface area contributed by atoms with E-state index in [0.717, 1.165) is 6.92 Å². The molecule has 6 nitrogen and oxygen atoms in total. The van der Waals surface area contributed by atoms with Gasteiger partial charge in [0.25, 0.3) is 0 Å². The van der Waals surface area contributed by atoms with Gasteiger partial charge < -0.3 is 15.7 Å². The fraction of sp³-hybridized carbons (Fsp3) is 0.375. The smallest absolute Gasteiger partial charge is 0.347 e. The molecule has 2 amide bonds. The Bertz CT molecular complexity index is 285. The molecule has 0 spiro atoms. The van der Waals surface area contributed by atoms with Crippen LogP contribution in [0, 0.1) is 0 Å². The first kappa shape index (κ1) is 12.2. The van der Waals surface area contributed by atoms with Gasteiger partial charge >= 0.3 is 5.97 Å². The Morgan fingerprint density at radius 3 is 2.00 bits per heavy atom. The lowest BCUT2D eigenvalue weighted by atomic mass is 10.3. The third-order valence-corrected chi connectivity index (χ3v) is 1.26. The molecule has 0 saturated carbocycles. The Morgan fingerprint density at radius 1 is 1.21 bits per heavy atom. The van der Waals surface area contributed by atoms with E-state index >= 15 is 0 Å². The summed E-state index contributed by atoms with van der Waals surface area (Å²) in [6.07, 6.45) is -1.42. The van der Waals surface area contributed by atoms with Crippen molar-refractivity contribution >= 4 is 17.8 Å². The second-order valence-electron chi connectivity index (χ2n) is 2.73. The molecule has 0 rings (SSSR count). The monoisotopic (exact) mass is 200 g/mol. The summed E-state index contributed by atoms with van der Waals surface area (Å²) in [4.78, 5) is 32.1. The lowest BCUT2D eigenvalue weighted by Gasteiger charge is -2.14. The van der Waals surface area contributed by atoms with E-state index in [1.165, 1.54) is 6.92 Å². The van der Waals surface area contributed by atoms with Crippen LogP contribution in [0.15, 0.2) is 12.2 Å². The van der Waals surface area contributed by atoms with Gasteiger partial charge in [-0.25, -0.2) is 4.79 Å². The van der Waals surface area contributed by atoms with E-state index in [4.69, 9.17) is 5.11 Å². The molecule has 0 saturated heterocycles. The van der Waals surface area contributed by atoms with Crippen molar-refractivity contribution < 1.29 is 19.5 Å². The highest BCUT2D eigenvalue weighted by atomic mass is 16.4. The first-order valence-corrected chi connectivity index (χ1v) is 3.81. The molecule has 0 bridgehead atoms. The molecule has 0 fully saturated rings. The van der Waals surface area contributed by atoms with Crippen LogP contribution in [0.3, 0.4) is 0 Å². The molecule has 0 aliphatic heterocycles. The first-order chi connectivity index (χ1) is 6.34. The van der Waals surface area contributed by atoms with Gasteiger partial charge in [0.2, 0.25) is 18.0 Å². The predicted molar refractivity (Wildman–Crippen MR) is 48.2 cm³/mol. The van der Waals surface area contributed by atoms with Crippen LogP contribution < -0.4 is 10.6 Å². The third kappa shape index (κ3) is 4.24. The molecule has 78 valence electrons. The maximum atomic E-state index is 11.0. The third-order valence-electron chi connectivity index (χ3n) is 1.26. The lowest BCUT2D eigenvalue weighted by molar-refractivity contribution is -0.144. The van der Waals surface area contributed by atoms with Crippen molar-refractivity contribution in [2.75, 3.05) is 0 Å². The van der Waals surface area contributed by atoms with Crippen molar-refractivity contribution in [2.45, 2.75) is 20.0 Å². The van der Waals surface area contributed by atoms with Crippen LogP contribution in [-0.2, 0) is 14.4 Å². The molecule has 1 unspecified atom stereocenters. The number of aliphatic carboxylic acids is 1. The Kier molecular flexibility index (Phi) is 4.34. The summed E-state index contributed by atoms with van der Waals surface area (Å²) in [6.45, 7) is 5.92. The van der Waals surface area contributed by atoms with Gasteiger partial charge in [-0.2, -0.15) is 0 Å². The molecule has 0 aliphatic rings. The number of rotatable bonds is 4. The first-order valence-electron chi connectivity index (χ1n) is 3.81. The van der Waals surface area contributed by atoms with E-state index in [1.54, 1.807) is 0 Å². The number of carboxylic acids is 1. The number of hydrogen-bond acceptors (Lipinski definition) is 3. The minimum Gasteiger partial charge on any atom is -0.478 e. The highest BCUT2D eigenvalue weighted by molar-refractivity contribution is 5.95. The Balaban J connectivity index is 4.38. The van der Waals surface area contributed by atoms with Gasteiger partial charge in [-0.1, -0.05) is 6.58 Å². The summed E-state index contributed by atoms with van der Waals surface area (Å²) in [5.74, 6) is -2.50. The topological polar surface area (TPSA) is 95.5 Å². The number of nitrogens with one attached hydrogen (secondary N) is 2. The van der Waals surface area contributed by atoms with Crippen molar-refractivity contribution in [3.63, 3.8) is 0 Å². The van der Waals surface area contributed by atoms with Gasteiger partial charge in [0.15, 0.2) is 0 Å². The average Bonchev–Trinajstić information content (AvgIpc) is 2.01. The van der Waals surface area contributed by atoms with Crippen molar-refractivity contribution in [1.82, 2.24) is 10.6 Å². The molecule has 0 radical (unpaired) electrons. The second-order valence-corrected chi connectivity index (χ2v) is 2.73. The minimum absolute atomic E-state index is 0.168. The number of carbonyl (C=O) groups excluding carboxylic acids is 2. The fourth-order valence-electron chi connectivity index (χ4n) is 0.617. The second kappa shape index (κ2) is 5.00. The van der Waals surface area contributed by atoms with Crippen LogP contribution in [-0.4, -0.2) is 29.1 Å². The van der Waals surface area contributed by atoms with Crippen LogP contribution in [0.2, 0.25) is 0 Å². The number of amides is 2. The van der Waals surface area contributed by atoms with E-state index in [9.17, 15) is 14.4 Å². The van der Waals surface area contributed by atoms with E-state index < -0.39 is 23.9 Å². The van der Waals surface area contributed by atoms with Gasteiger partial charge in [-0.3, -0.25) is 9.59 Å². The van der Waals surface area contributed by atoms with Gasteiger partial charge in [0.05, 0.1) is 0 Å². The van der Waals surface area contributed by atoms with Crippen molar-refractivity contribution in [3.8, 4) is 0 Å². The van der Waals surface area contributed by atoms with Crippen molar-refractivity contribution in [2.24, 2.45) is 0 Å². The van der Waals surface area contributed by atoms with Gasteiger partial charge in [-0.05, 0) is 6.92 Å². The summed E-state index contributed by atoms with van der Waals surface area (Å²) in [6, 6.07) is 0. The summed E-state index contributed by atoms with van der Waals surface area (Å²) >= 11 is 0. The van der Waals surface area contributed by atoms with E-state index in [2.05, 4.69) is 17.2 Å². The van der Waals surface area contributed by atoms with Crippen molar-refractivity contribution in [3.05, 3.63) is 12.2 Å². The molecule has 3 N–H and O–H groups in total. The Hall–Kier alpha value is -1.85. The Labute approximate surface area is 81.0 Å². The van der Waals surface area contributed by atoms with E-state index in [-0.39, 0.29) is 5.57 Å². The zero-order chi connectivity index (χ0) is 11.3. The average molecular weight is 200 g/mol. The number of hydrogen-bond donors (Lipinski definition) is 3. The van der Waals surface area contributed by atoms with Crippen LogP contribution in [0.5, 0.6) is 0 Å². The maximum absolute atomic E-state index is 11.0. The molecule has 0 aromatic heterocycles. The molecule has 0 aliphatic carbocycles. The van der Waals surface area contributed by atoms with Crippen LogP contribution in [0.25, 0.3) is 0 Å². The Morgan fingerprint density at radius 2 is 1.71 bits per heavy atom. The molecule has 14 heavy (non-hydrogen) atoms. The largest absolute Gasteiger partial charge is 0.478 e. The molecule has 0 heterocycles. The number of carboxylic acid groups (broad SMARTS) is 1. The lowest BCUT2D eigenvalue weighted by Crippen LogP contribution is -2.52. The maximum Gasteiger partial charge on any atom is 0.347 e. The molecular formula is C8H12N2O4. The van der Waals surface area contributed by atoms with Crippen LogP contribution in [0.1, 0.15) is 13.8 Å². The highest BCUT2D eigenvalue weighted by Gasteiger charge is 2.20. The predicted octanol–water partition coefficient (Wildman–Crippen LogP) is -0.774. The van der Waals surface area contributed by atoms with Crippen molar-refractivity contribution in [1.29, 1.82) is 0 Å². The summed E-state index contributed by atoms with van der Waals surface area (Å²) in [5.41, 5.74) is 0.168. The normalized spacial score (nSPS) is 11.3. The standard InChI is InChI=1S/C8H12N2O4/c1-4(2)7(12)10-6(8(13)14)9-5(3)11/h6H,1H2,2-3H3,(H,9,11)(H,10,12)(H,13,14). The zero-order valence-electron chi connectivity index (χ0n) is 7.96. The molecule has 0 aromatic carbocycles. The SMILES string of the molecule is C=C(C)C(=O)NC(NC(C)=O)C(=O)O. The summed E-state index contributed by atoms with van der Waals surface area (Å²) in [7, 11) is 0. The van der Waals surface area contributed by atoms with E-state index in [1.807, 2.05) is 0 Å². The van der Waals surface area contributed by atoms with Crippen LogP contribution in [0.4, 0.5) is 0 Å². The van der Waals surface area contributed by atoms with Gasteiger partial charge in [0.1, 0.15) is 0 Å². The summed E-state index contributed by atoms with van der Waals surface area (Å²) in [5, 5.41) is 12.7. The van der Waals surface area contributed by atoms with Crippen LogP contribution >= 0.6 is 0 Å². The quantitative estimate of drug-likeness (QED) is 0.410. The molecule has 1 atom stereocenters. The zero-order valence-corrected chi connectivity index (χ0v) is 7.96. The van der Waals surface area contributed by atoms with Gasteiger partial charge in [-0.15, -0.1) is 0 Å². The van der Waals surface area contributed by atoms with Gasteiger partial charge in [0, 0.05) is 12.5 Å². The minimum atomic E-state index is -1.42. The van der Waals surface area contributed by atoms with E-state index in [0.29, 0.717) is 0 Å². The molecular weight excluding hydrogens is 188 g/mol.